The summed E-state index contributed by atoms with van der Waals surface area (Å²) in [7, 11) is -15.0. The number of aromatic nitrogens is 1. The number of fused-ring (bicyclic) bond motifs is 2. The first-order chi connectivity index (χ1) is 21.9. The Morgan fingerprint density at radius 3 is 2.00 bits per heavy atom. The minimum absolute atomic E-state index is 0. The zero-order valence-electron chi connectivity index (χ0n) is 26.9. The van der Waals surface area contributed by atoms with Gasteiger partial charge in [0.15, 0.2) is 5.78 Å². The van der Waals surface area contributed by atoms with Crippen molar-refractivity contribution in [1.29, 1.82) is 0 Å². The zero-order valence-corrected chi connectivity index (χ0v) is 36.2. The van der Waals surface area contributed by atoms with Crippen LogP contribution in [-0.4, -0.2) is 61.6 Å². The van der Waals surface area contributed by atoms with Gasteiger partial charge in [-0.05, 0) is 55.8 Å². The summed E-state index contributed by atoms with van der Waals surface area (Å²) in [6, 6.07) is 12.2. The Morgan fingerprint density at radius 1 is 0.800 bits per heavy atom. The number of azo groups is 1. The van der Waals surface area contributed by atoms with E-state index in [1.165, 1.54) is 49.4 Å². The summed E-state index contributed by atoms with van der Waals surface area (Å²) in [5, 5.41) is 10.1. The third-order valence-corrected chi connectivity index (χ3v) is 10.8. The molecule has 0 saturated carbocycles. The first-order valence-electron chi connectivity index (χ1n) is 13.0. The van der Waals surface area contributed by atoms with Crippen molar-refractivity contribution in [2.75, 3.05) is 5.32 Å². The number of nitrogens with one attached hydrogen (secondary N) is 1. The largest absolute Gasteiger partial charge is 1.00 e. The second kappa shape index (κ2) is 17.1. The summed E-state index contributed by atoms with van der Waals surface area (Å²) >= 11 is 0.784. The Labute approximate surface area is 356 Å². The molecule has 0 saturated heterocycles. The molecule has 1 aromatic heterocycles. The van der Waals surface area contributed by atoms with Gasteiger partial charge >= 0.3 is 88.7 Å². The summed E-state index contributed by atoms with van der Waals surface area (Å²) in [5.74, 6) is -1.87. The molecule has 0 spiro atoms. The molecule has 50 heavy (non-hydrogen) atoms. The number of amides is 1. The number of Topliss-reactive ketones (excluding diaryl/α,β-unsaturated/α-hetero) is 1. The SMILES string of the molecule is CC(=O)C(N=Nc1ccc(-c2nc3ccc(C)c(S(=O)(=O)[O-])c3s2)cc1S(=O)(=O)[O-])C(=O)Nc1ccc(S(=O)(=O)[O-])c2ccccc12.[Na+].[Na+].[Na+]. The van der Waals surface area contributed by atoms with Crippen LogP contribution in [0.5, 0.6) is 0 Å². The van der Waals surface area contributed by atoms with Gasteiger partial charge in [0.05, 0.1) is 24.9 Å². The van der Waals surface area contributed by atoms with Crippen molar-refractivity contribution in [3.05, 3.63) is 72.3 Å². The van der Waals surface area contributed by atoms with Crippen LogP contribution in [0.25, 0.3) is 31.6 Å². The van der Waals surface area contributed by atoms with E-state index in [4.69, 9.17) is 0 Å². The van der Waals surface area contributed by atoms with Crippen LogP contribution in [-0.2, 0) is 39.9 Å². The molecule has 5 rings (SSSR count). The van der Waals surface area contributed by atoms with Gasteiger partial charge in [-0.1, -0.05) is 30.3 Å². The number of nitrogens with zero attached hydrogens (tertiary/aromatic N) is 3. The number of aryl methyl sites for hydroxylation is 1. The molecule has 22 heteroatoms. The molecule has 1 heterocycles. The van der Waals surface area contributed by atoms with Gasteiger partial charge in [0, 0.05) is 22.0 Å². The van der Waals surface area contributed by atoms with E-state index < -0.39 is 68.5 Å². The average molecular weight is 785 g/mol. The van der Waals surface area contributed by atoms with E-state index in [1.807, 2.05) is 0 Å². The molecule has 0 bridgehead atoms. The molecule has 0 aliphatic carbocycles. The van der Waals surface area contributed by atoms with Gasteiger partial charge in [-0.15, -0.1) is 11.3 Å². The fraction of sp³-hybridized carbons (Fsp3) is 0.107. The van der Waals surface area contributed by atoms with Crippen LogP contribution in [0.3, 0.4) is 0 Å². The third-order valence-electron chi connectivity index (χ3n) is 6.76. The maximum Gasteiger partial charge on any atom is 1.00 e. The third kappa shape index (κ3) is 9.72. The van der Waals surface area contributed by atoms with Crippen LogP contribution < -0.4 is 94.0 Å². The molecule has 1 amide bonds. The quantitative estimate of drug-likeness (QED) is 0.0637. The normalized spacial score (nSPS) is 12.5. The number of ketones is 1. The van der Waals surface area contributed by atoms with Crippen LogP contribution in [0.2, 0.25) is 0 Å². The predicted octanol–water partition coefficient (Wildman–Crippen LogP) is -5.17. The van der Waals surface area contributed by atoms with Gasteiger partial charge in [0.1, 0.15) is 41.0 Å². The first kappa shape index (κ1) is 44.7. The number of thiazole rings is 1. The second-order valence-corrected chi connectivity index (χ2v) is 15.0. The summed E-state index contributed by atoms with van der Waals surface area (Å²) < 4.78 is 107. The number of benzene rings is 4. The molecular formula is C28H19N4Na3O11S4. The van der Waals surface area contributed by atoms with Gasteiger partial charge in [0.25, 0.3) is 5.91 Å². The predicted molar refractivity (Wildman–Crippen MR) is 165 cm³/mol. The van der Waals surface area contributed by atoms with Crippen molar-refractivity contribution in [2.45, 2.75) is 34.6 Å². The van der Waals surface area contributed by atoms with Gasteiger partial charge in [0.2, 0.25) is 6.04 Å². The Hall–Kier alpha value is -1.50. The van der Waals surface area contributed by atoms with Gasteiger partial charge < -0.3 is 19.0 Å². The van der Waals surface area contributed by atoms with Gasteiger partial charge in [-0.3, -0.25) is 9.59 Å². The molecular weight excluding hydrogens is 766 g/mol. The average Bonchev–Trinajstić information content (AvgIpc) is 3.39. The van der Waals surface area contributed by atoms with E-state index in [1.54, 1.807) is 0 Å². The van der Waals surface area contributed by atoms with Crippen LogP contribution in [0.4, 0.5) is 11.4 Å². The minimum Gasteiger partial charge on any atom is -0.744 e. The summed E-state index contributed by atoms with van der Waals surface area (Å²) in [6.07, 6.45) is 0. The van der Waals surface area contributed by atoms with E-state index in [0.29, 0.717) is 0 Å². The number of carbonyl (C=O) groups is 2. The van der Waals surface area contributed by atoms with Crippen LogP contribution in [0, 0.1) is 6.92 Å². The summed E-state index contributed by atoms with van der Waals surface area (Å²) in [5.41, 5.74) is -0.106. The summed E-state index contributed by atoms with van der Waals surface area (Å²) in [6.45, 7) is 2.44. The number of hydrogen-bond acceptors (Lipinski definition) is 15. The van der Waals surface area contributed by atoms with Gasteiger partial charge in [-0.25, -0.2) is 30.2 Å². The number of rotatable bonds is 9. The van der Waals surface area contributed by atoms with Crippen molar-refractivity contribution < 1.29 is 137 Å². The smallest absolute Gasteiger partial charge is 0.744 e. The van der Waals surface area contributed by atoms with Crippen molar-refractivity contribution in [2.24, 2.45) is 10.2 Å². The maximum atomic E-state index is 13.1. The Morgan fingerprint density at radius 2 is 1.42 bits per heavy atom. The summed E-state index contributed by atoms with van der Waals surface area (Å²) in [4.78, 5) is 27.9. The molecule has 244 valence electrons. The van der Waals surface area contributed by atoms with Crippen molar-refractivity contribution >= 4 is 85.7 Å². The fourth-order valence-electron chi connectivity index (χ4n) is 4.67. The van der Waals surface area contributed by atoms with Crippen molar-refractivity contribution in [3.63, 3.8) is 0 Å². The number of hydrogen-bond donors (Lipinski definition) is 1. The minimum atomic E-state index is -5.24. The molecule has 0 aliphatic rings. The maximum absolute atomic E-state index is 13.1. The van der Waals surface area contributed by atoms with E-state index in [-0.39, 0.29) is 131 Å². The Kier molecular flexibility index (Phi) is 15.3. The van der Waals surface area contributed by atoms with Crippen molar-refractivity contribution in [1.82, 2.24) is 4.98 Å². The molecule has 4 aromatic carbocycles. The first-order valence-corrected chi connectivity index (χ1v) is 18.1. The Balaban J connectivity index is 0.00000289. The monoisotopic (exact) mass is 784 g/mol. The van der Waals surface area contributed by atoms with Crippen LogP contribution in [0.1, 0.15) is 12.5 Å². The molecule has 1 atom stereocenters. The molecule has 5 aromatic rings. The van der Waals surface area contributed by atoms with E-state index >= 15 is 0 Å². The van der Waals surface area contributed by atoms with Crippen LogP contribution >= 0.6 is 11.3 Å². The van der Waals surface area contributed by atoms with Crippen LogP contribution in [0.15, 0.2) is 91.6 Å². The van der Waals surface area contributed by atoms with E-state index in [9.17, 15) is 48.5 Å². The topological polar surface area (TPSA) is 255 Å². The molecule has 1 N–H and O–H groups in total. The fourth-order valence-corrected chi connectivity index (χ4v) is 8.27. The van der Waals surface area contributed by atoms with Crippen molar-refractivity contribution in [3.8, 4) is 10.6 Å². The molecule has 1 unspecified atom stereocenters. The van der Waals surface area contributed by atoms with Gasteiger partial charge in [-0.2, -0.15) is 10.2 Å². The molecule has 0 fully saturated rings. The van der Waals surface area contributed by atoms with E-state index in [0.717, 1.165) is 42.5 Å². The molecule has 0 aliphatic heterocycles. The number of anilines is 1. The second-order valence-electron chi connectivity index (χ2n) is 10.00. The standard InChI is InChI=1S/C28H22N4O11S4.3Na/c1-14-7-9-21-25(26(14)47(41,42)43)44-28(30-21)16-8-10-20(23(13-16)46(38,39)40)31-32-24(15(2)33)27(34)29-19-11-12-22(45(35,36)37)18-6-4-3-5-17(18)19;;;/h3-13,24H,1-2H3,(H,29,34)(H,35,36,37)(H,38,39,40)(H,41,42,43);;;/q;3*+1/p-3. The molecule has 0 radical (unpaired) electrons. The number of carbonyl (C=O) groups excluding carboxylic acids is 2. The Bertz CT molecular complexity index is 2510. The molecule has 15 nitrogen and oxygen atoms in total. The zero-order chi connectivity index (χ0) is 34.5. The van der Waals surface area contributed by atoms with E-state index in [2.05, 4.69) is 20.5 Å².